The van der Waals surface area contributed by atoms with Crippen molar-refractivity contribution in [2.75, 3.05) is 11.5 Å². The molecular formula is C34H42N6O7S2. The Morgan fingerprint density at radius 2 is 1.69 bits per heavy atom. The Bertz CT molecular complexity index is 1650. The van der Waals surface area contributed by atoms with Crippen molar-refractivity contribution in [3.63, 3.8) is 0 Å². The van der Waals surface area contributed by atoms with Crippen molar-refractivity contribution >= 4 is 68.0 Å². The molecule has 0 spiro atoms. The first-order valence-corrected chi connectivity index (χ1v) is 18.5. The standard InChI is InChI=1S/C34H42N6O7S2/c1-34(19-22-20-36-24-12-6-5-11-23(22)24)33(47)39-25(14-16-49-48-15-8-7-13-28(41)40-34)31(45)38-27(18-29(42)43)32(46)37-26(30(35)44)17-21-9-3-2-4-10-21/h2-6,9-12,20,25-27,36H,7-8,13-19H2,1H3,(H2,35,44)(H,37,46)(H,38,45)(H,39,47)(H,40,41)(H,42,43)/t25-,26?,27?,34-/m1/s1. The van der Waals surface area contributed by atoms with Crippen molar-refractivity contribution in [2.45, 2.75) is 75.5 Å². The number of carbonyl (C=O) groups is 6. The van der Waals surface area contributed by atoms with Gasteiger partial charge in [0.1, 0.15) is 23.7 Å². The predicted octanol–water partition coefficient (Wildman–Crippen LogP) is 2.20. The van der Waals surface area contributed by atoms with Crippen LogP contribution in [0.3, 0.4) is 0 Å². The van der Waals surface area contributed by atoms with E-state index < -0.39 is 59.7 Å². The van der Waals surface area contributed by atoms with Crippen molar-refractivity contribution in [2.24, 2.45) is 5.73 Å². The monoisotopic (exact) mass is 710 g/mol. The van der Waals surface area contributed by atoms with E-state index in [1.165, 1.54) is 10.8 Å². The Morgan fingerprint density at radius 1 is 0.980 bits per heavy atom. The zero-order chi connectivity index (χ0) is 35.4. The molecule has 3 aromatic rings. The second kappa shape index (κ2) is 17.8. The van der Waals surface area contributed by atoms with Gasteiger partial charge >= 0.3 is 5.97 Å². The molecule has 2 heterocycles. The van der Waals surface area contributed by atoms with Crippen molar-refractivity contribution < 1.29 is 33.9 Å². The van der Waals surface area contributed by atoms with Crippen molar-refractivity contribution in [1.29, 1.82) is 0 Å². The number of fused-ring (bicyclic) bond motifs is 1. The predicted molar refractivity (Wildman–Crippen MR) is 189 cm³/mol. The lowest BCUT2D eigenvalue weighted by atomic mass is 9.90. The summed E-state index contributed by atoms with van der Waals surface area (Å²) in [5.41, 5.74) is 6.46. The molecule has 49 heavy (non-hydrogen) atoms. The van der Waals surface area contributed by atoms with Crippen molar-refractivity contribution in [3.05, 3.63) is 71.9 Å². The molecule has 0 bridgehead atoms. The number of H-pyrrole nitrogens is 1. The number of rotatable bonds is 11. The zero-order valence-corrected chi connectivity index (χ0v) is 28.8. The number of amides is 5. The second-order valence-corrected chi connectivity index (χ2v) is 14.8. The Morgan fingerprint density at radius 3 is 2.43 bits per heavy atom. The zero-order valence-electron chi connectivity index (χ0n) is 27.2. The molecule has 1 fully saturated rings. The normalized spacial score (nSPS) is 20.6. The highest BCUT2D eigenvalue weighted by molar-refractivity contribution is 8.76. The average molecular weight is 711 g/mol. The molecule has 0 radical (unpaired) electrons. The van der Waals surface area contributed by atoms with Gasteiger partial charge in [-0.2, -0.15) is 0 Å². The van der Waals surface area contributed by atoms with Gasteiger partial charge in [0.2, 0.25) is 29.5 Å². The van der Waals surface area contributed by atoms with Crippen LogP contribution in [0.1, 0.15) is 50.2 Å². The maximum absolute atomic E-state index is 14.1. The molecule has 0 saturated carbocycles. The molecule has 1 aliphatic heterocycles. The molecule has 2 aromatic carbocycles. The van der Waals surface area contributed by atoms with Crippen LogP contribution in [-0.4, -0.2) is 80.8 Å². The number of aliphatic carboxylic acids is 1. The summed E-state index contributed by atoms with van der Waals surface area (Å²) in [5, 5.41) is 21.1. The molecule has 4 rings (SSSR count). The molecule has 1 aromatic heterocycles. The molecule has 262 valence electrons. The maximum Gasteiger partial charge on any atom is 0.305 e. The van der Waals surface area contributed by atoms with E-state index in [1.54, 1.807) is 54.2 Å². The van der Waals surface area contributed by atoms with Gasteiger partial charge < -0.3 is 37.1 Å². The molecule has 0 aliphatic carbocycles. The van der Waals surface area contributed by atoms with E-state index in [9.17, 15) is 33.9 Å². The quantitative estimate of drug-likeness (QED) is 0.145. The number of aromatic amines is 1. The number of aromatic nitrogens is 1. The number of nitrogens with one attached hydrogen (secondary N) is 5. The first-order valence-electron chi connectivity index (χ1n) is 16.0. The second-order valence-electron chi connectivity index (χ2n) is 12.1. The summed E-state index contributed by atoms with van der Waals surface area (Å²) in [7, 11) is 3.10. The molecule has 1 aliphatic rings. The SMILES string of the molecule is C[C@]1(Cc2c[nH]c3ccccc23)NC(=O)CCCCSSCC[C@H](C(=O)NC(CC(=O)O)C(=O)NC(Cc2ccccc2)C(N)=O)NC1=O. The Kier molecular flexibility index (Phi) is 13.5. The van der Waals surface area contributed by atoms with Gasteiger partial charge in [-0.15, -0.1) is 0 Å². The topological polar surface area (TPSA) is 213 Å². The minimum Gasteiger partial charge on any atom is -0.481 e. The molecule has 13 nitrogen and oxygen atoms in total. The largest absolute Gasteiger partial charge is 0.481 e. The lowest BCUT2D eigenvalue weighted by molar-refractivity contribution is -0.141. The lowest BCUT2D eigenvalue weighted by Crippen LogP contribution is -2.62. The van der Waals surface area contributed by atoms with Crippen LogP contribution in [0.5, 0.6) is 0 Å². The van der Waals surface area contributed by atoms with Gasteiger partial charge in [-0.25, -0.2) is 0 Å². The summed E-state index contributed by atoms with van der Waals surface area (Å²) in [4.78, 5) is 81.4. The Balaban J connectivity index is 1.56. The Hall–Kier alpha value is -4.50. The van der Waals surface area contributed by atoms with Gasteiger partial charge in [0.05, 0.1) is 6.42 Å². The third-order valence-corrected chi connectivity index (χ3v) is 10.7. The van der Waals surface area contributed by atoms with E-state index in [2.05, 4.69) is 26.3 Å². The molecule has 15 heteroatoms. The van der Waals surface area contributed by atoms with Crippen LogP contribution in [0.25, 0.3) is 10.9 Å². The highest BCUT2D eigenvalue weighted by Crippen LogP contribution is 2.26. The first-order chi connectivity index (χ1) is 23.4. The number of benzene rings is 2. The van der Waals surface area contributed by atoms with Gasteiger partial charge in [0.25, 0.3) is 0 Å². The van der Waals surface area contributed by atoms with Gasteiger partial charge in [-0.3, -0.25) is 28.8 Å². The van der Waals surface area contributed by atoms with Crippen LogP contribution in [0, 0.1) is 0 Å². The van der Waals surface area contributed by atoms with Crippen LogP contribution in [-0.2, 0) is 41.6 Å². The minimum atomic E-state index is -1.58. The minimum absolute atomic E-state index is 0.0595. The fourth-order valence-corrected chi connectivity index (χ4v) is 7.77. The van der Waals surface area contributed by atoms with Gasteiger partial charge in [0.15, 0.2) is 0 Å². The summed E-state index contributed by atoms with van der Waals surface area (Å²) >= 11 is 0. The van der Waals surface area contributed by atoms with Crippen molar-refractivity contribution in [3.8, 4) is 0 Å². The van der Waals surface area contributed by atoms with Crippen LogP contribution in [0.15, 0.2) is 60.8 Å². The van der Waals surface area contributed by atoms with Gasteiger partial charge in [-0.1, -0.05) is 70.1 Å². The summed E-state index contributed by atoms with van der Waals surface area (Å²) in [6.07, 6.45) is 3.02. The molecule has 2 unspecified atom stereocenters. The van der Waals surface area contributed by atoms with Gasteiger partial charge in [-0.05, 0) is 43.4 Å². The van der Waals surface area contributed by atoms with Crippen LogP contribution < -0.4 is 27.0 Å². The van der Waals surface area contributed by atoms with Crippen molar-refractivity contribution in [1.82, 2.24) is 26.3 Å². The fourth-order valence-electron chi connectivity index (χ4n) is 5.53. The number of carboxylic acid groups (broad SMARTS) is 1. The number of hydrogen-bond acceptors (Lipinski definition) is 8. The van der Waals surface area contributed by atoms with E-state index in [0.29, 0.717) is 17.7 Å². The highest BCUT2D eigenvalue weighted by atomic mass is 33.1. The maximum atomic E-state index is 14.1. The summed E-state index contributed by atoms with van der Waals surface area (Å²) in [6.45, 7) is 1.60. The summed E-state index contributed by atoms with van der Waals surface area (Å²) in [5.74, 6) is -3.56. The molecule has 5 amide bonds. The number of primary amides is 1. The van der Waals surface area contributed by atoms with Crippen LogP contribution >= 0.6 is 21.6 Å². The number of carboxylic acids is 1. The number of hydrogen-bond donors (Lipinski definition) is 7. The van der Waals surface area contributed by atoms with Gasteiger partial charge in [0, 0.05) is 47.9 Å². The van der Waals surface area contributed by atoms with Crippen LogP contribution in [0.4, 0.5) is 0 Å². The molecule has 8 N–H and O–H groups in total. The number of para-hydroxylation sites is 1. The van der Waals surface area contributed by atoms with E-state index in [0.717, 1.165) is 28.6 Å². The molecule has 1 saturated heterocycles. The first kappa shape index (κ1) is 37.3. The third kappa shape index (κ3) is 11.0. The van der Waals surface area contributed by atoms with E-state index >= 15 is 0 Å². The average Bonchev–Trinajstić information content (AvgIpc) is 3.46. The van der Waals surface area contributed by atoms with E-state index in [1.807, 2.05) is 24.3 Å². The van der Waals surface area contributed by atoms with E-state index in [4.69, 9.17) is 5.73 Å². The molecular weight excluding hydrogens is 669 g/mol. The number of carbonyl (C=O) groups excluding carboxylic acids is 5. The van der Waals surface area contributed by atoms with E-state index in [-0.39, 0.29) is 31.6 Å². The smallest absolute Gasteiger partial charge is 0.305 e. The fraction of sp³-hybridized carbons (Fsp3) is 0.412. The summed E-state index contributed by atoms with van der Waals surface area (Å²) < 4.78 is 0. The molecule has 4 atom stereocenters. The van der Waals surface area contributed by atoms with Crippen LogP contribution in [0.2, 0.25) is 0 Å². The lowest BCUT2D eigenvalue weighted by Gasteiger charge is -2.32. The number of nitrogens with two attached hydrogens (primary N) is 1. The Labute approximate surface area is 292 Å². The highest BCUT2D eigenvalue weighted by Gasteiger charge is 2.39. The summed E-state index contributed by atoms with van der Waals surface area (Å²) in [6, 6.07) is 12.5. The third-order valence-electron chi connectivity index (χ3n) is 8.17.